The number of thiocarbonyl (C=S) groups is 1. The Morgan fingerprint density at radius 2 is 1.70 bits per heavy atom. The van der Waals surface area contributed by atoms with Gasteiger partial charge in [0.05, 0.1) is 19.9 Å². The number of methoxy groups -OCH3 is 2. The first-order chi connectivity index (χ1) is 14.3. The number of halogens is 1. The minimum Gasteiger partial charge on any atom is -0.502 e. The molecule has 0 saturated carbocycles. The molecule has 3 rings (SSSR count). The van der Waals surface area contributed by atoms with Gasteiger partial charge >= 0.3 is 0 Å². The molecule has 0 bridgehead atoms. The Hall–Kier alpha value is -3.36. The molecule has 9 heteroatoms. The third kappa shape index (κ3) is 4.29. The first-order valence-electron chi connectivity index (χ1n) is 8.64. The molecule has 2 amide bonds. The van der Waals surface area contributed by atoms with Crippen LogP contribution in [-0.4, -0.2) is 36.3 Å². The number of carbonyl (C=O) groups is 2. The molecule has 2 aromatic carbocycles. The van der Waals surface area contributed by atoms with Gasteiger partial charge in [0.2, 0.25) is 5.75 Å². The van der Waals surface area contributed by atoms with Gasteiger partial charge in [-0.25, -0.2) is 0 Å². The number of benzene rings is 2. The van der Waals surface area contributed by atoms with Crippen molar-refractivity contribution in [1.29, 1.82) is 0 Å². The summed E-state index contributed by atoms with van der Waals surface area (Å²) in [6, 6.07) is 9.69. The summed E-state index contributed by atoms with van der Waals surface area (Å²) in [7, 11) is 2.84. The van der Waals surface area contributed by atoms with E-state index >= 15 is 0 Å². The number of hydrogen-bond donors (Lipinski definition) is 2. The molecule has 2 aromatic rings. The van der Waals surface area contributed by atoms with Gasteiger partial charge in [0, 0.05) is 5.02 Å². The van der Waals surface area contributed by atoms with Gasteiger partial charge in [-0.3, -0.25) is 19.8 Å². The van der Waals surface area contributed by atoms with E-state index in [9.17, 15) is 14.7 Å². The molecular weight excluding hydrogens is 428 g/mol. The van der Waals surface area contributed by atoms with Crippen LogP contribution < -0.4 is 19.7 Å². The van der Waals surface area contributed by atoms with E-state index in [1.54, 1.807) is 42.5 Å². The highest BCUT2D eigenvalue weighted by atomic mass is 35.5. The molecule has 1 fully saturated rings. The number of nitrogens with zero attached hydrogens (tertiary/aromatic N) is 1. The van der Waals surface area contributed by atoms with Crippen molar-refractivity contribution >= 4 is 52.5 Å². The Morgan fingerprint density at radius 1 is 1.10 bits per heavy atom. The van der Waals surface area contributed by atoms with Gasteiger partial charge in [-0.05, 0) is 60.3 Å². The standard InChI is InChI=1S/C21H17ClN2O5S/c1-28-16-10-12(11-17(29-2)18(16)25)4-3-5-15-19(26)23-21(30)24(20(15)27)14-8-6-13(22)7-9-14/h3-11,25H,1-2H3,(H,23,26,30)/b4-3-,15-5-. The summed E-state index contributed by atoms with van der Waals surface area (Å²) < 4.78 is 10.2. The number of ether oxygens (including phenoxy) is 2. The maximum Gasteiger partial charge on any atom is 0.270 e. The predicted octanol–water partition coefficient (Wildman–Crippen LogP) is 3.45. The van der Waals surface area contributed by atoms with Gasteiger partial charge in [-0.2, -0.15) is 0 Å². The van der Waals surface area contributed by atoms with Crippen LogP contribution in [0.3, 0.4) is 0 Å². The summed E-state index contributed by atoms with van der Waals surface area (Å²) in [6.07, 6.45) is 4.55. The van der Waals surface area contributed by atoms with E-state index in [0.29, 0.717) is 16.3 Å². The van der Waals surface area contributed by atoms with Crippen LogP contribution in [0.4, 0.5) is 5.69 Å². The Morgan fingerprint density at radius 3 is 2.27 bits per heavy atom. The molecule has 7 nitrogen and oxygen atoms in total. The van der Waals surface area contributed by atoms with Crippen molar-refractivity contribution in [3.63, 3.8) is 0 Å². The highest BCUT2D eigenvalue weighted by Gasteiger charge is 2.34. The number of amides is 2. The number of carbonyl (C=O) groups excluding carboxylic acids is 2. The van der Waals surface area contributed by atoms with Crippen molar-refractivity contribution in [1.82, 2.24) is 5.32 Å². The number of phenolic OH excluding ortho intramolecular Hbond substituents is 1. The van der Waals surface area contributed by atoms with E-state index in [4.69, 9.17) is 33.3 Å². The molecule has 30 heavy (non-hydrogen) atoms. The molecule has 0 atom stereocenters. The molecule has 0 spiro atoms. The maximum atomic E-state index is 12.9. The number of rotatable bonds is 5. The van der Waals surface area contributed by atoms with Gasteiger partial charge in [0.15, 0.2) is 16.6 Å². The molecule has 1 saturated heterocycles. The second kappa shape index (κ2) is 8.98. The van der Waals surface area contributed by atoms with E-state index in [-0.39, 0.29) is 27.9 Å². The lowest BCUT2D eigenvalue weighted by molar-refractivity contribution is -0.122. The molecule has 154 valence electrons. The third-order valence-electron chi connectivity index (χ3n) is 4.24. The number of allylic oxidation sites excluding steroid dienone is 2. The Balaban J connectivity index is 1.90. The molecule has 1 heterocycles. The van der Waals surface area contributed by atoms with Crippen molar-refractivity contribution in [3.05, 3.63) is 64.7 Å². The van der Waals surface area contributed by atoms with E-state index in [0.717, 1.165) is 0 Å². The van der Waals surface area contributed by atoms with Crippen LogP contribution in [0.5, 0.6) is 17.2 Å². The van der Waals surface area contributed by atoms with E-state index in [1.807, 2.05) is 0 Å². The molecule has 0 aliphatic carbocycles. The SMILES string of the molecule is COc1cc(/C=C\C=C2\C(=O)NC(=S)N(c3ccc(Cl)cc3)C2=O)cc(OC)c1O. The fourth-order valence-corrected chi connectivity index (χ4v) is 3.17. The van der Waals surface area contributed by atoms with Crippen LogP contribution in [0.15, 0.2) is 54.1 Å². The van der Waals surface area contributed by atoms with Crippen molar-refractivity contribution in [2.45, 2.75) is 0 Å². The Labute approximate surface area is 183 Å². The van der Waals surface area contributed by atoms with Crippen LogP contribution >= 0.6 is 23.8 Å². The molecule has 0 aromatic heterocycles. The molecule has 0 unspecified atom stereocenters. The smallest absolute Gasteiger partial charge is 0.270 e. The van der Waals surface area contributed by atoms with E-state index < -0.39 is 11.8 Å². The zero-order chi connectivity index (χ0) is 21.8. The van der Waals surface area contributed by atoms with E-state index in [2.05, 4.69) is 5.32 Å². The van der Waals surface area contributed by atoms with Gasteiger partial charge in [0.1, 0.15) is 5.57 Å². The van der Waals surface area contributed by atoms with Crippen molar-refractivity contribution in [2.75, 3.05) is 19.1 Å². The van der Waals surface area contributed by atoms with Crippen LogP contribution in [-0.2, 0) is 9.59 Å². The molecule has 0 radical (unpaired) electrons. The zero-order valence-electron chi connectivity index (χ0n) is 16.0. The lowest BCUT2D eigenvalue weighted by atomic mass is 10.1. The van der Waals surface area contributed by atoms with Crippen LogP contribution in [0.1, 0.15) is 5.56 Å². The number of phenols is 1. The second-order valence-corrected chi connectivity index (χ2v) is 6.91. The van der Waals surface area contributed by atoms with Gasteiger partial charge < -0.3 is 14.6 Å². The number of nitrogens with one attached hydrogen (secondary N) is 1. The number of aromatic hydroxyl groups is 1. The number of anilines is 1. The summed E-state index contributed by atoms with van der Waals surface area (Å²) in [5, 5.41) is 13.0. The van der Waals surface area contributed by atoms with Gasteiger partial charge in [-0.1, -0.05) is 23.8 Å². The molecule has 1 aliphatic heterocycles. The molecule has 1 aliphatic rings. The average Bonchev–Trinajstić information content (AvgIpc) is 2.72. The topological polar surface area (TPSA) is 88.1 Å². The number of hydrogen-bond acceptors (Lipinski definition) is 6. The minimum absolute atomic E-state index is 0.0125. The average molecular weight is 445 g/mol. The summed E-state index contributed by atoms with van der Waals surface area (Å²) in [5.41, 5.74) is 1.02. The van der Waals surface area contributed by atoms with Gasteiger partial charge in [0.25, 0.3) is 11.8 Å². The van der Waals surface area contributed by atoms with Crippen molar-refractivity contribution in [3.8, 4) is 17.2 Å². The summed E-state index contributed by atoms with van der Waals surface area (Å²) >= 11 is 11.0. The second-order valence-electron chi connectivity index (χ2n) is 6.09. The lowest BCUT2D eigenvalue weighted by Crippen LogP contribution is -2.54. The first kappa shape index (κ1) is 21.4. The fourth-order valence-electron chi connectivity index (χ4n) is 2.77. The fraction of sp³-hybridized carbons (Fsp3) is 0.0952. The van der Waals surface area contributed by atoms with Crippen LogP contribution in [0.25, 0.3) is 6.08 Å². The zero-order valence-corrected chi connectivity index (χ0v) is 17.6. The largest absolute Gasteiger partial charge is 0.502 e. The normalized spacial score (nSPS) is 15.6. The third-order valence-corrected chi connectivity index (χ3v) is 4.78. The summed E-state index contributed by atoms with van der Waals surface area (Å²) in [4.78, 5) is 26.4. The molecule has 2 N–H and O–H groups in total. The lowest BCUT2D eigenvalue weighted by Gasteiger charge is -2.28. The first-order valence-corrected chi connectivity index (χ1v) is 9.43. The van der Waals surface area contributed by atoms with E-state index in [1.165, 1.54) is 31.3 Å². The quantitative estimate of drug-likeness (QED) is 0.417. The van der Waals surface area contributed by atoms with Crippen LogP contribution in [0, 0.1) is 0 Å². The monoisotopic (exact) mass is 444 g/mol. The van der Waals surface area contributed by atoms with Gasteiger partial charge in [-0.15, -0.1) is 0 Å². The predicted molar refractivity (Wildman–Crippen MR) is 118 cm³/mol. The van der Waals surface area contributed by atoms with Crippen molar-refractivity contribution < 1.29 is 24.2 Å². The Bertz CT molecular complexity index is 1050. The summed E-state index contributed by atoms with van der Waals surface area (Å²) in [5.74, 6) is -0.818. The molecular formula is C21H17ClN2O5S. The minimum atomic E-state index is -0.597. The maximum absolute atomic E-state index is 12.9. The summed E-state index contributed by atoms with van der Waals surface area (Å²) in [6.45, 7) is 0. The Kier molecular flexibility index (Phi) is 6.39. The highest BCUT2D eigenvalue weighted by molar-refractivity contribution is 7.80. The van der Waals surface area contributed by atoms with Crippen molar-refractivity contribution in [2.24, 2.45) is 0 Å². The highest BCUT2D eigenvalue weighted by Crippen LogP contribution is 2.37. The van der Waals surface area contributed by atoms with Crippen LogP contribution in [0.2, 0.25) is 5.02 Å².